The lowest BCUT2D eigenvalue weighted by Gasteiger charge is -2.32. The molecule has 0 radical (unpaired) electrons. The van der Waals surface area contributed by atoms with E-state index in [2.05, 4.69) is 10.6 Å². The fraction of sp³-hybridized carbons (Fsp3) is 0.600. The van der Waals surface area contributed by atoms with Crippen LogP contribution in [0.5, 0.6) is 5.75 Å². The first-order valence-corrected chi connectivity index (χ1v) is 9.72. The maximum atomic E-state index is 12.6. The van der Waals surface area contributed by atoms with Crippen molar-refractivity contribution in [3.63, 3.8) is 0 Å². The maximum Gasteiger partial charge on any atom is 0.258 e. The first-order chi connectivity index (χ1) is 12.7. The second-order valence-electron chi connectivity index (χ2n) is 8.25. The second-order valence-corrected chi connectivity index (χ2v) is 8.69. The third-order valence-electron chi connectivity index (χ3n) is 5.95. The fourth-order valence-electron chi connectivity index (χ4n) is 3.59. The molecule has 27 heavy (non-hydrogen) atoms. The minimum absolute atomic E-state index is 0.0276. The van der Waals surface area contributed by atoms with Crippen molar-refractivity contribution in [2.75, 3.05) is 20.7 Å². The number of hydrogen-bond donors (Lipinski definition) is 2. The molecule has 3 rings (SSSR count). The molecule has 0 spiro atoms. The normalized spacial score (nSPS) is 26.4. The summed E-state index contributed by atoms with van der Waals surface area (Å²) < 4.78 is 5.50. The van der Waals surface area contributed by atoms with Crippen molar-refractivity contribution < 1.29 is 14.3 Å². The van der Waals surface area contributed by atoms with E-state index in [-0.39, 0.29) is 30.5 Å². The van der Waals surface area contributed by atoms with Gasteiger partial charge in [-0.3, -0.25) is 14.5 Å². The third-order valence-corrected chi connectivity index (χ3v) is 6.20. The summed E-state index contributed by atoms with van der Waals surface area (Å²) in [5.74, 6) is 1.43. The summed E-state index contributed by atoms with van der Waals surface area (Å²) in [4.78, 5) is 26.7. The highest BCUT2D eigenvalue weighted by Gasteiger charge is 2.55. The number of hydrogen-bond acceptors (Lipinski definition) is 4. The van der Waals surface area contributed by atoms with Crippen molar-refractivity contribution in [3.05, 3.63) is 29.3 Å². The molecule has 1 aromatic carbocycles. The van der Waals surface area contributed by atoms with Crippen LogP contribution < -0.4 is 15.4 Å². The Hall–Kier alpha value is -1.79. The van der Waals surface area contributed by atoms with E-state index in [9.17, 15) is 9.59 Å². The highest BCUT2D eigenvalue weighted by atomic mass is 35.5. The number of halogens is 1. The van der Waals surface area contributed by atoms with Crippen LogP contribution in [0.1, 0.15) is 26.7 Å². The quantitative estimate of drug-likeness (QED) is 0.744. The molecular formula is C20H28ClN3O3. The van der Waals surface area contributed by atoms with Gasteiger partial charge in [0, 0.05) is 17.1 Å². The molecule has 0 bridgehead atoms. The van der Waals surface area contributed by atoms with Crippen LogP contribution in [0, 0.1) is 11.8 Å². The van der Waals surface area contributed by atoms with Crippen molar-refractivity contribution in [3.8, 4) is 5.75 Å². The number of nitrogens with zero attached hydrogens (tertiary/aromatic N) is 1. The Labute approximate surface area is 165 Å². The number of ether oxygens (including phenoxy) is 1. The van der Waals surface area contributed by atoms with Gasteiger partial charge in [0.15, 0.2) is 6.61 Å². The van der Waals surface area contributed by atoms with E-state index in [0.29, 0.717) is 22.6 Å². The molecule has 2 saturated carbocycles. The fourth-order valence-corrected chi connectivity index (χ4v) is 3.72. The molecule has 2 fully saturated rings. The lowest BCUT2D eigenvalue weighted by atomic mass is 10.0. The Morgan fingerprint density at radius 3 is 2.30 bits per heavy atom. The summed E-state index contributed by atoms with van der Waals surface area (Å²) in [5, 5.41) is 6.88. The topological polar surface area (TPSA) is 70.7 Å². The van der Waals surface area contributed by atoms with Crippen LogP contribution in [0.4, 0.5) is 0 Å². The van der Waals surface area contributed by atoms with Crippen LogP contribution in [0.2, 0.25) is 5.02 Å². The molecule has 2 aliphatic rings. The molecule has 6 nitrogen and oxygen atoms in total. The summed E-state index contributed by atoms with van der Waals surface area (Å²) in [7, 11) is 3.80. The van der Waals surface area contributed by atoms with Crippen LogP contribution in [-0.4, -0.2) is 55.0 Å². The molecule has 2 aliphatic carbocycles. The molecule has 4 atom stereocenters. The van der Waals surface area contributed by atoms with Crippen LogP contribution in [0.3, 0.4) is 0 Å². The summed E-state index contributed by atoms with van der Waals surface area (Å²) in [6, 6.07) is 7.15. The zero-order valence-electron chi connectivity index (χ0n) is 16.3. The number of amides is 2. The summed E-state index contributed by atoms with van der Waals surface area (Å²) >= 11 is 5.84. The van der Waals surface area contributed by atoms with Crippen molar-refractivity contribution in [1.29, 1.82) is 0 Å². The van der Waals surface area contributed by atoms with E-state index in [1.807, 2.05) is 32.8 Å². The molecule has 148 valence electrons. The van der Waals surface area contributed by atoms with Gasteiger partial charge in [-0.2, -0.15) is 0 Å². The monoisotopic (exact) mass is 393 g/mol. The molecule has 1 aromatic rings. The van der Waals surface area contributed by atoms with E-state index in [1.54, 1.807) is 24.3 Å². The lowest BCUT2D eigenvalue weighted by molar-refractivity contribution is -0.131. The molecule has 0 heterocycles. The Balaban J connectivity index is 1.46. The summed E-state index contributed by atoms with van der Waals surface area (Å²) in [5.41, 5.74) is -0.557. The highest BCUT2D eigenvalue weighted by Crippen LogP contribution is 2.52. The average molecular weight is 394 g/mol. The Kier molecular flexibility index (Phi) is 5.68. The van der Waals surface area contributed by atoms with Crippen molar-refractivity contribution in [2.45, 2.75) is 44.3 Å². The van der Waals surface area contributed by atoms with E-state index in [4.69, 9.17) is 16.3 Å². The molecule has 0 aromatic heterocycles. The van der Waals surface area contributed by atoms with Crippen LogP contribution in [0.25, 0.3) is 0 Å². The van der Waals surface area contributed by atoms with Gasteiger partial charge in [0.25, 0.3) is 5.91 Å². The van der Waals surface area contributed by atoms with Crippen molar-refractivity contribution in [1.82, 2.24) is 15.5 Å². The largest absolute Gasteiger partial charge is 0.484 e. The van der Waals surface area contributed by atoms with Crippen LogP contribution in [-0.2, 0) is 9.59 Å². The van der Waals surface area contributed by atoms with Crippen LogP contribution >= 0.6 is 11.6 Å². The van der Waals surface area contributed by atoms with E-state index < -0.39 is 5.54 Å². The van der Waals surface area contributed by atoms with Crippen LogP contribution in [0.15, 0.2) is 24.3 Å². The van der Waals surface area contributed by atoms with Gasteiger partial charge in [-0.15, -0.1) is 0 Å². The number of rotatable bonds is 7. The summed E-state index contributed by atoms with van der Waals surface area (Å²) in [6.07, 6.45) is 1.83. The molecular weight excluding hydrogens is 366 g/mol. The Morgan fingerprint density at radius 1 is 1.11 bits per heavy atom. The molecule has 0 saturated heterocycles. The predicted molar refractivity (Wildman–Crippen MR) is 105 cm³/mol. The first kappa shape index (κ1) is 20.0. The van der Waals surface area contributed by atoms with Gasteiger partial charge in [0.05, 0.1) is 5.54 Å². The van der Waals surface area contributed by atoms with Gasteiger partial charge in [0.2, 0.25) is 5.91 Å². The predicted octanol–water partition coefficient (Wildman–Crippen LogP) is 2.07. The zero-order valence-corrected chi connectivity index (χ0v) is 17.0. The number of likely N-dealkylation sites (N-methyl/N-ethyl adjacent to an activating group) is 1. The van der Waals surface area contributed by atoms with Gasteiger partial charge in [-0.1, -0.05) is 11.6 Å². The van der Waals surface area contributed by atoms with Gasteiger partial charge < -0.3 is 15.4 Å². The highest BCUT2D eigenvalue weighted by molar-refractivity contribution is 6.30. The van der Waals surface area contributed by atoms with E-state index in [1.165, 1.54) is 0 Å². The van der Waals surface area contributed by atoms with E-state index >= 15 is 0 Å². The number of carbonyl (C=O) groups is 2. The zero-order chi connectivity index (χ0) is 19.8. The van der Waals surface area contributed by atoms with Gasteiger partial charge >= 0.3 is 0 Å². The Bertz CT molecular complexity index is 705. The maximum absolute atomic E-state index is 12.6. The number of fused-ring (bicyclic) bond motifs is 1. The minimum atomic E-state index is -0.557. The number of nitrogens with one attached hydrogen (secondary N) is 2. The average Bonchev–Trinajstić information content (AvgIpc) is 3.34. The number of benzene rings is 1. The standard InChI is InChI=1S/C20H28ClN3O3/c1-20(2,24(3)4)19(26)23-17-10-16(14-9-15(14)17)22-18(25)11-27-13-7-5-12(21)6-8-13/h5-8,14-17H,9-11H2,1-4H3,(H,22,25)(H,23,26)/t14?,15?,16-,17+/m0/s1. The lowest BCUT2D eigenvalue weighted by Crippen LogP contribution is -2.54. The number of carbonyl (C=O) groups excluding carboxylic acids is 2. The van der Waals surface area contributed by atoms with Crippen molar-refractivity contribution >= 4 is 23.4 Å². The Morgan fingerprint density at radius 2 is 1.70 bits per heavy atom. The first-order valence-electron chi connectivity index (χ1n) is 9.34. The van der Waals surface area contributed by atoms with Gasteiger partial charge in [-0.05, 0) is 76.9 Å². The van der Waals surface area contributed by atoms with Gasteiger partial charge in [-0.25, -0.2) is 0 Å². The van der Waals surface area contributed by atoms with Crippen molar-refractivity contribution in [2.24, 2.45) is 11.8 Å². The van der Waals surface area contributed by atoms with Gasteiger partial charge in [0.1, 0.15) is 5.75 Å². The molecule has 0 aliphatic heterocycles. The summed E-state index contributed by atoms with van der Waals surface area (Å²) in [6.45, 7) is 3.80. The third kappa shape index (κ3) is 4.55. The molecule has 2 unspecified atom stereocenters. The van der Waals surface area contributed by atoms with E-state index in [0.717, 1.165) is 12.8 Å². The SMILES string of the molecule is CN(C)C(C)(C)C(=O)N[C@@H]1C[C@H](NC(=O)COc2ccc(Cl)cc2)C2CC21. The molecule has 2 N–H and O–H groups in total. The smallest absolute Gasteiger partial charge is 0.258 e. The minimum Gasteiger partial charge on any atom is -0.484 e. The second kappa shape index (κ2) is 7.68. The molecule has 2 amide bonds. The molecule has 7 heteroatoms.